The van der Waals surface area contributed by atoms with Crippen molar-refractivity contribution in [2.45, 2.75) is 52.4 Å². The zero-order valence-electron chi connectivity index (χ0n) is 12.4. The number of hydrogen-bond acceptors (Lipinski definition) is 5. The molecule has 0 saturated carbocycles. The van der Waals surface area contributed by atoms with E-state index in [2.05, 4.69) is 4.74 Å². The molecule has 0 bridgehead atoms. The van der Waals surface area contributed by atoms with E-state index in [-0.39, 0.29) is 0 Å². The van der Waals surface area contributed by atoms with Gasteiger partial charge in [0, 0.05) is 11.2 Å². The predicted octanol–water partition coefficient (Wildman–Crippen LogP) is 1.89. The average Bonchev–Trinajstić information content (AvgIpc) is 2.42. The van der Waals surface area contributed by atoms with Gasteiger partial charge >= 0.3 is 13.7 Å². The average molecular weight is 290 g/mol. The molecule has 114 valence electrons. The molecule has 1 aliphatic rings. The van der Waals surface area contributed by atoms with Crippen molar-refractivity contribution in [3.8, 4) is 0 Å². The van der Waals surface area contributed by atoms with Crippen LogP contribution in [0.4, 0.5) is 8.78 Å². The molecule has 0 amide bonds. The van der Waals surface area contributed by atoms with Crippen LogP contribution in [0.15, 0.2) is 23.1 Å². The normalized spacial score (nSPS) is 23.0. The van der Waals surface area contributed by atoms with Gasteiger partial charge in [-0.05, 0) is 40.7 Å². The van der Waals surface area contributed by atoms with Crippen molar-refractivity contribution < 1.29 is 22.8 Å². The predicted molar refractivity (Wildman–Crippen MR) is 72.3 cm³/mol. The van der Waals surface area contributed by atoms with Gasteiger partial charge in [0.25, 0.3) is 0 Å². The highest BCUT2D eigenvalue weighted by molar-refractivity contribution is 6.55. The summed E-state index contributed by atoms with van der Waals surface area (Å²) >= 11 is 0. The van der Waals surface area contributed by atoms with E-state index in [1.54, 1.807) is 6.92 Å². The smallest absolute Gasteiger partial charge is 0.420 e. The van der Waals surface area contributed by atoms with E-state index in [0.29, 0.717) is 11.2 Å². The lowest BCUT2D eigenvalue weighted by Gasteiger charge is -2.32. The van der Waals surface area contributed by atoms with E-state index in [4.69, 9.17) is 20.8 Å². The molecular formula is C12H21BF2N2O3. The van der Waals surface area contributed by atoms with Gasteiger partial charge in [-0.3, -0.25) is 0 Å². The molecule has 4 N–H and O–H groups in total. The Labute approximate surface area is 118 Å². The van der Waals surface area contributed by atoms with Crippen LogP contribution in [0, 0.1) is 0 Å². The molecule has 1 rings (SSSR count). The Bertz CT molecular complexity index is 416. The van der Waals surface area contributed by atoms with Crippen molar-refractivity contribution in [2.75, 3.05) is 0 Å². The second-order valence-corrected chi connectivity index (χ2v) is 5.65. The molecule has 5 nitrogen and oxygen atoms in total. The van der Waals surface area contributed by atoms with Crippen LogP contribution in [0.5, 0.6) is 0 Å². The topological polar surface area (TPSA) is 79.7 Å². The molecule has 1 fully saturated rings. The van der Waals surface area contributed by atoms with Crippen molar-refractivity contribution in [1.82, 2.24) is 0 Å². The van der Waals surface area contributed by atoms with Crippen LogP contribution in [-0.4, -0.2) is 24.9 Å². The first-order valence-electron chi connectivity index (χ1n) is 6.20. The summed E-state index contributed by atoms with van der Waals surface area (Å²) in [4.78, 5) is 0. The van der Waals surface area contributed by atoms with E-state index in [1.807, 2.05) is 27.7 Å². The summed E-state index contributed by atoms with van der Waals surface area (Å²) < 4.78 is 39.9. The molecule has 20 heavy (non-hydrogen) atoms. The van der Waals surface area contributed by atoms with Gasteiger partial charge in [0.1, 0.15) is 0 Å². The maximum atomic E-state index is 12.1. The quantitative estimate of drug-likeness (QED) is 0.469. The minimum absolute atomic E-state index is 0.351. The van der Waals surface area contributed by atoms with Gasteiger partial charge in [0.15, 0.2) is 5.88 Å². The SMILES string of the molecule is C/C(N)=C(/C=C(\N)OC(F)F)B1OC(C)(C)C(C)(C)O1. The Morgan fingerprint density at radius 2 is 1.60 bits per heavy atom. The van der Waals surface area contributed by atoms with E-state index >= 15 is 0 Å². The zero-order chi connectivity index (χ0) is 15.7. The van der Waals surface area contributed by atoms with Crippen molar-refractivity contribution >= 4 is 7.12 Å². The lowest BCUT2D eigenvalue weighted by atomic mass is 9.77. The number of alkyl halides is 2. The largest absolute Gasteiger partial charge is 0.496 e. The van der Waals surface area contributed by atoms with E-state index in [9.17, 15) is 8.78 Å². The van der Waals surface area contributed by atoms with Crippen LogP contribution in [0.25, 0.3) is 0 Å². The number of nitrogens with two attached hydrogens (primary N) is 2. The molecule has 0 unspecified atom stereocenters. The Kier molecular flexibility index (Phi) is 4.71. The molecule has 0 atom stereocenters. The van der Waals surface area contributed by atoms with Crippen LogP contribution < -0.4 is 11.5 Å². The van der Waals surface area contributed by atoms with E-state index < -0.39 is 30.8 Å². The number of allylic oxidation sites excluding steroid dienone is 3. The fraction of sp³-hybridized carbons (Fsp3) is 0.667. The molecule has 0 aromatic heterocycles. The summed E-state index contributed by atoms with van der Waals surface area (Å²) in [5, 5.41) is 0. The maximum Gasteiger partial charge on any atom is 0.496 e. The molecule has 0 spiro atoms. The third-order valence-corrected chi connectivity index (χ3v) is 3.49. The molecular weight excluding hydrogens is 269 g/mol. The minimum atomic E-state index is -3.00. The number of rotatable bonds is 4. The Hall–Kier alpha value is -1.28. The number of ether oxygens (including phenoxy) is 1. The summed E-state index contributed by atoms with van der Waals surface area (Å²) in [6.07, 6.45) is 1.20. The van der Waals surface area contributed by atoms with E-state index in [1.165, 1.54) is 6.08 Å². The van der Waals surface area contributed by atoms with Crippen LogP contribution >= 0.6 is 0 Å². The Balaban J connectivity index is 3.00. The summed E-state index contributed by atoms with van der Waals surface area (Å²) in [5.74, 6) is -0.450. The second kappa shape index (κ2) is 5.61. The van der Waals surface area contributed by atoms with Gasteiger partial charge in [-0.2, -0.15) is 8.78 Å². The summed E-state index contributed by atoms with van der Waals surface area (Å²) in [5.41, 5.74) is 10.7. The molecule has 8 heteroatoms. The highest BCUT2D eigenvalue weighted by Gasteiger charge is 2.52. The molecule has 1 saturated heterocycles. The lowest BCUT2D eigenvalue weighted by molar-refractivity contribution is -0.0968. The van der Waals surface area contributed by atoms with Crippen LogP contribution in [0.3, 0.4) is 0 Å². The first-order chi connectivity index (χ1) is 8.96. The zero-order valence-corrected chi connectivity index (χ0v) is 12.4. The summed E-state index contributed by atoms with van der Waals surface area (Å²) in [7, 11) is -0.787. The highest BCUT2D eigenvalue weighted by atomic mass is 19.3. The third kappa shape index (κ3) is 3.64. The Morgan fingerprint density at radius 3 is 1.95 bits per heavy atom. The molecule has 0 aliphatic carbocycles. The van der Waals surface area contributed by atoms with Crippen molar-refractivity contribution in [1.29, 1.82) is 0 Å². The molecule has 0 radical (unpaired) electrons. The highest BCUT2D eigenvalue weighted by Crippen LogP contribution is 2.39. The van der Waals surface area contributed by atoms with Crippen LogP contribution in [0.1, 0.15) is 34.6 Å². The van der Waals surface area contributed by atoms with E-state index in [0.717, 1.165) is 0 Å². The van der Waals surface area contributed by atoms with Gasteiger partial charge < -0.3 is 25.5 Å². The van der Waals surface area contributed by atoms with Crippen molar-refractivity contribution in [3.63, 3.8) is 0 Å². The Morgan fingerprint density at radius 1 is 1.15 bits per heavy atom. The molecule has 1 heterocycles. The lowest BCUT2D eigenvalue weighted by Crippen LogP contribution is -2.41. The van der Waals surface area contributed by atoms with Gasteiger partial charge in [-0.25, -0.2) is 0 Å². The van der Waals surface area contributed by atoms with Gasteiger partial charge in [0.05, 0.1) is 11.2 Å². The van der Waals surface area contributed by atoms with Crippen LogP contribution in [0.2, 0.25) is 0 Å². The van der Waals surface area contributed by atoms with Crippen molar-refractivity contribution in [3.05, 3.63) is 23.1 Å². The van der Waals surface area contributed by atoms with Crippen LogP contribution in [-0.2, 0) is 14.0 Å². The molecule has 0 aromatic rings. The molecule has 0 aromatic carbocycles. The number of hydrogen-bond donors (Lipinski definition) is 2. The summed E-state index contributed by atoms with van der Waals surface area (Å²) in [6.45, 7) is 6.10. The third-order valence-electron chi connectivity index (χ3n) is 3.49. The monoisotopic (exact) mass is 290 g/mol. The van der Waals surface area contributed by atoms with Crippen molar-refractivity contribution in [2.24, 2.45) is 11.5 Å². The first-order valence-corrected chi connectivity index (χ1v) is 6.20. The maximum absolute atomic E-state index is 12.1. The van der Waals surface area contributed by atoms with Gasteiger partial charge in [-0.1, -0.05) is 0 Å². The second-order valence-electron chi connectivity index (χ2n) is 5.65. The fourth-order valence-electron chi connectivity index (χ4n) is 1.63. The standard InChI is InChI=1S/C12H21BF2N2O3/c1-7(16)8(6-9(17)18-10(14)15)13-19-11(2,3)12(4,5)20-13/h6,10H,16-17H2,1-5H3/b8-7+,9-6+. The number of halogens is 2. The first kappa shape index (κ1) is 16.8. The van der Waals surface area contributed by atoms with Gasteiger partial charge in [0.2, 0.25) is 0 Å². The summed E-state index contributed by atoms with van der Waals surface area (Å²) in [6, 6.07) is 0. The fourth-order valence-corrected chi connectivity index (χ4v) is 1.63. The minimum Gasteiger partial charge on any atom is -0.420 e. The molecule has 1 aliphatic heterocycles. The van der Waals surface area contributed by atoms with Gasteiger partial charge in [-0.15, -0.1) is 0 Å².